The van der Waals surface area contributed by atoms with E-state index in [2.05, 4.69) is 26.3 Å². The van der Waals surface area contributed by atoms with Crippen LogP contribution in [0.1, 0.15) is 37.3 Å². The van der Waals surface area contributed by atoms with Gasteiger partial charge in [0.1, 0.15) is 33.5 Å². The van der Waals surface area contributed by atoms with Crippen LogP contribution in [0.5, 0.6) is 0 Å². The van der Waals surface area contributed by atoms with E-state index in [4.69, 9.17) is 11.0 Å². The molecule has 0 radical (unpaired) electrons. The van der Waals surface area contributed by atoms with Crippen LogP contribution in [0, 0.1) is 17.1 Å². The second-order valence-electron chi connectivity index (χ2n) is 8.82. The van der Waals surface area contributed by atoms with Gasteiger partial charge < -0.3 is 11.1 Å². The van der Waals surface area contributed by atoms with Crippen molar-refractivity contribution in [2.45, 2.75) is 36.5 Å². The van der Waals surface area contributed by atoms with Crippen LogP contribution in [-0.4, -0.2) is 35.4 Å². The Labute approximate surface area is 191 Å². The first-order valence-corrected chi connectivity index (χ1v) is 12.2. The Hall–Kier alpha value is -3.26. The molecular weight excluding hydrogens is 443 g/mol. The first-order chi connectivity index (χ1) is 15.7. The van der Waals surface area contributed by atoms with E-state index in [0.717, 1.165) is 11.8 Å². The van der Waals surface area contributed by atoms with Crippen molar-refractivity contribution in [1.29, 1.82) is 5.26 Å². The van der Waals surface area contributed by atoms with Gasteiger partial charge >= 0.3 is 0 Å². The van der Waals surface area contributed by atoms with Crippen molar-refractivity contribution in [1.82, 2.24) is 9.97 Å². The van der Waals surface area contributed by atoms with Crippen LogP contribution in [0.3, 0.4) is 0 Å². The summed E-state index contributed by atoms with van der Waals surface area (Å²) in [6.07, 6.45) is 5.08. The minimum Gasteiger partial charge on any atom is -0.386 e. The predicted molar refractivity (Wildman–Crippen MR) is 127 cm³/mol. The van der Waals surface area contributed by atoms with E-state index in [1.54, 1.807) is 37.4 Å². The maximum atomic E-state index is 15.0. The number of fused-ring (bicyclic) bond motifs is 1. The summed E-state index contributed by atoms with van der Waals surface area (Å²) in [5.41, 5.74) is 6.76. The number of aromatic nitrogens is 2. The Morgan fingerprint density at radius 2 is 2.00 bits per heavy atom. The summed E-state index contributed by atoms with van der Waals surface area (Å²) < 4.78 is 36.1. The number of aliphatic imine (C=N–C) groups is 1. The second kappa shape index (κ2) is 7.38. The Kier molecular flexibility index (Phi) is 4.83. The normalized spacial score (nSPS) is 23.9. The van der Waals surface area contributed by atoms with Crippen LogP contribution in [0.15, 0.2) is 47.7 Å². The largest absolute Gasteiger partial charge is 0.386 e. The Bertz CT molecular complexity index is 1350. The fraction of sp³-hybridized carbons (Fsp3) is 0.304. The molecule has 0 amide bonds. The number of halogens is 1. The number of anilines is 2. The number of nitrogens with zero attached hydrogens (tertiary/aromatic N) is 4. The fourth-order valence-electron chi connectivity index (χ4n) is 4.68. The van der Waals surface area contributed by atoms with Gasteiger partial charge in [0, 0.05) is 29.0 Å². The molecular formula is C23H23FN6O2S. The lowest BCUT2D eigenvalue weighted by molar-refractivity contribution is 0.341. The van der Waals surface area contributed by atoms with Crippen molar-refractivity contribution >= 4 is 38.8 Å². The van der Waals surface area contributed by atoms with E-state index in [9.17, 15) is 13.5 Å². The van der Waals surface area contributed by atoms with Crippen molar-refractivity contribution in [3.8, 4) is 6.07 Å². The molecule has 1 aliphatic heterocycles. The van der Waals surface area contributed by atoms with Crippen LogP contribution >= 0.6 is 10.6 Å². The van der Waals surface area contributed by atoms with Gasteiger partial charge in [-0.15, -0.1) is 0 Å². The van der Waals surface area contributed by atoms with Crippen LogP contribution in [0.4, 0.5) is 15.9 Å². The van der Waals surface area contributed by atoms with E-state index in [-0.39, 0.29) is 17.2 Å². The van der Waals surface area contributed by atoms with E-state index in [1.807, 2.05) is 0 Å². The van der Waals surface area contributed by atoms with Gasteiger partial charge in [-0.05, 0) is 56.5 Å². The number of benzene rings is 1. The summed E-state index contributed by atoms with van der Waals surface area (Å²) in [5.74, 6) is 0.0334. The molecule has 33 heavy (non-hydrogen) atoms. The zero-order valence-corrected chi connectivity index (χ0v) is 18.7. The molecule has 5 rings (SSSR count). The lowest BCUT2D eigenvalue weighted by atomic mass is 9.82. The van der Waals surface area contributed by atoms with Crippen LogP contribution in [-0.2, 0) is 5.54 Å². The molecule has 1 atom stereocenters. The third-order valence-electron chi connectivity index (χ3n) is 6.64. The number of nitrogens with one attached hydrogen (secondary N) is 1. The van der Waals surface area contributed by atoms with Gasteiger partial charge in [-0.2, -0.15) is 15.9 Å². The summed E-state index contributed by atoms with van der Waals surface area (Å²) in [7, 11) is -3.11. The maximum Gasteiger partial charge on any atom is 0.156 e. The Morgan fingerprint density at radius 3 is 2.67 bits per heavy atom. The van der Waals surface area contributed by atoms with E-state index in [1.165, 1.54) is 12.3 Å². The molecule has 10 heteroatoms. The fourth-order valence-corrected chi connectivity index (χ4v) is 7.28. The lowest BCUT2D eigenvalue weighted by Gasteiger charge is -2.60. The SMILES string of the molecule is C[C@@]1(c2cc(Nc3nccc4cc(C#N)cnc34)ccc2F)CS(O)(O)C2(CCC2)C(N)=N1. The standard InChI is InChI=1S/C23H23FN6O2S/c1-22(13-33(31,32)23(6-2-7-23)21(26)30-22)17-10-16(3-4-18(17)24)29-20-19-15(5-8-27-20)9-14(11-25)12-28-19/h3-5,8-10,12,31-32H,2,6-7,13H2,1H3,(H2,26,30)(H,27,29)/t22-/m0/s1. The number of amidine groups is 1. The van der Waals surface area contributed by atoms with E-state index in [0.29, 0.717) is 35.4 Å². The molecule has 1 aliphatic carbocycles. The average Bonchev–Trinajstić information content (AvgIpc) is 2.72. The molecule has 2 aromatic heterocycles. The number of nitriles is 1. The van der Waals surface area contributed by atoms with Gasteiger partial charge in [0.25, 0.3) is 0 Å². The maximum absolute atomic E-state index is 15.0. The molecule has 8 nitrogen and oxygen atoms in total. The van der Waals surface area contributed by atoms with Gasteiger partial charge in [0.15, 0.2) is 5.82 Å². The van der Waals surface area contributed by atoms with Crippen molar-refractivity contribution in [2.24, 2.45) is 10.7 Å². The van der Waals surface area contributed by atoms with Crippen molar-refractivity contribution in [3.63, 3.8) is 0 Å². The third-order valence-corrected chi connectivity index (χ3v) is 9.47. The molecule has 1 fully saturated rings. The molecule has 170 valence electrons. The van der Waals surface area contributed by atoms with Crippen LogP contribution < -0.4 is 11.1 Å². The molecule has 1 saturated carbocycles. The highest BCUT2D eigenvalue weighted by Gasteiger charge is 2.57. The third kappa shape index (κ3) is 3.31. The first kappa shape index (κ1) is 21.6. The molecule has 3 heterocycles. The summed E-state index contributed by atoms with van der Waals surface area (Å²) in [6, 6.07) is 9.99. The highest BCUT2D eigenvalue weighted by atomic mass is 32.3. The number of pyridine rings is 2. The molecule has 0 unspecified atom stereocenters. The number of nitrogens with two attached hydrogens (primary N) is 1. The minimum absolute atomic E-state index is 0.0912. The van der Waals surface area contributed by atoms with Crippen LogP contribution in [0.25, 0.3) is 10.9 Å². The lowest BCUT2D eigenvalue weighted by Crippen LogP contribution is -2.59. The summed E-state index contributed by atoms with van der Waals surface area (Å²) in [4.78, 5) is 13.3. The molecule has 5 N–H and O–H groups in total. The van der Waals surface area contributed by atoms with Gasteiger partial charge in [-0.25, -0.2) is 9.37 Å². The first-order valence-electron chi connectivity index (χ1n) is 10.5. The second-order valence-corrected chi connectivity index (χ2v) is 11.2. The summed E-state index contributed by atoms with van der Waals surface area (Å²) in [5, 5.41) is 13.0. The average molecular weight is 467 g/mol. The smallest absolute Gasteiger partial charge is 0.156 e. The highest BCUT2D eigenvalue weighted by molar-refractivity contribution is 8.26. The van der Waals surface area contributed by atoms with Crippen molar-refractivity contribution in [3.05, 3.63) is 59.7 Å². The highest BCUT2D eigenvalue weighted by Crippen LogP contribution is 2.66. The van der Waals surface area contributed by atoms with Crippen LogP contribution in [0.2, 0.25) is 0 Å². The topological polar surface area (TPSA) is 140 Å². The molecule has 3 aromatic rings. The summed E-state index contributed by atoms with van der Waals surface area (Å²) in [6.45, 7) is 1.67. The van der Waals surface area contributed by atoms with Gasteiger partial charge in [0.05, 0.1) is 11.3 Å². The zero-order valence-electron chi connectivity index (χ0n) is 17.9. The monoisotopic (exact) mass is 466 g/mol. The number of hydrogen-bond acceptors (Lipinski definition) is 8. The number of hydrogen-bond donors (Lipinski definition) is 4. The molecule has 2 aliphatic rings. The molecule has 1 spiro atoms. The molecule has 0 bridgehead atoms. The van der Waals surface area contributed by atoms with Gasteiger partial charge in [0.2, 0.25) is 0 Å². The Balaban J connectivity index is 1.54. The molecule has 1 aromatic carbocycles. The van der Waals surface area contributed by atoms with Crippen molar-refractivity contribution in [2.75, 3.05) is 11.1 Å². The van der Waals surface area contributed by atoms with E-state index >= 15 is 0 Å². The van der Waals surface area contributed by atoms with Gasteiger partial charge in [-0.1, -0.05) is 0 Å². The predicted octanol–water partition coefficient (Wildman–Crippen LogP) is 4.64. The minimum atomic E-state index is -3.11. The number of rotatable bonds is 3. The van der Waals surface area contributed by atoms with Gasteiger partial charge in [-0.3, -0.25) is 19.1 Å². The van der Waals surface area contributed by atoms with Crippen molar-refractivity contribution < 1.29 is 13.5 Å². The quantitative estimate of drug-likeness (QED) is 0.440. The zero-order chi connectivity index (χ0) is 23.4. The Morgan fingerprint density at radius 1 is 1.21 bits per heavy atom. The summed E-state index contributed by atoms with van der Waals surface area (Å²) >= 11 is 0. The van der Waals surface area contributed by atoms with E-state index < -0.39 is 26.7 Å². The molecule has 0 saturated heterocycles.